The number of rotatable bonds is 2. The molecule has 0 heterocycles. The first kappa shape index (κ1) is 6.70. The maximum absolute atomic E-state index is 5.39. The Hall–Kier alpha value is -0.300. The van der Waals surface area contributed by atoms with Gasteiger partial charge in [-0.15, -0.1) is 0 Å². The van der Waals surface area contributed by atoms with Gasteiger partial charge in [0.15, 0.2) is 0 Å². The average Bonchev–Trinajstić information content (AvgIpc) is 1.61. The third kappa shape index (κ3) is 5.70. The van der Waals surface area contributed by atoms with Gasteiger partial charge in [-0.05, 0) is 13.3 Å². The zero-order chi connectivity index (χ0) is 5.70. The van der Waals surface area contributed by atoms with Crippen molar-refractivity contribution in [2.75, 3.05) is 0 Å². The molecule has 42 valence electrons. The van der Waals surface area contributed by atoms with Crippen LogP contribution in [0.3, 0.4) is 0 Å². The lowest BCUT2D eigenvalue weighted by atomic mass is 10.3. The van der Waals surface area contributed by atoms with E-state index in [-0.39, 0.29) is 6.04 Å². The molecule has 0 unspecified atom stereocenters. The Balaban J connectivity index is 3.08. The van der Waals surface area contributed by atoms with Crippen LogP contribution in [0.4, 0.5) is 0 Å². The van der Waals surface area contributed by atoms with Gasteiger partial charge < -0.3 is 5.73 Å². The summed E-state index contributed by atoms with van der Waals surface area (Å²) in [6.07, 6.45) is 5.16. The second kappa shape index (κ2) is 3.88. The van der Waals surface area contributed by atoms with Crippen molar-refractivity contribution in [3.8, 4) is 0 Å². The predicted octanol–water partition coefficient (Wildman–Crippen LogP) is 1.30. The lowest BCUT2D eigenvalue weighted by molar-refractivity contribution is 0.918. The van der Waals surface area contributed by atoms with Gasteiger partial charge in [-0.25, -0.2) is 0 Å². The fraction of sp³-hybridized carbons (Fsp3) is 0.667. The second-order valence-corrected chi connectivity index (χ2v) is 1.70. The molecule has 1 atom stereocenters. The highest BCUT2D eigenvalue weighted by Crippen LogP contribution is 1.81. The topological polar surface area (TPSA) is 26.0 Å². The molecule has 1 heteroatoms. The fourth-order valence-corrected chi connectivity index (χ4v) is 0.351. The van der Waals surface area contributed by atoms with E-state index in [1.165, 1.54) is 0 Å². The minimum Gasteiger partial charge on any atom is -0.325 e. The van der Waals surface area contributed by atoms with Crippen molar-refractivity contribution in [1.82, 2.24) is 0 Å². The Morgan fingerprint density at radius 2 is 2.29 bits per heavy atom. The van der Waals surface area contributed by atoms with E-state index in [0.29, 0.717) is 0 Å². The van der Waals surface area contributed by atoms with Gasteiger partial charge in [0.05, 0.1) is 0 Å². The molecule has 0 aliphatic carbocycles. The van der Waals surface area contributed by atoms with E-state index in [2.05, 4.69) is 13.0 Å². The van der Waals surface area contributed by atoms with Gasteiger partial charge in [-0.2, -0.15) is 0 Å². The summed E-state index contributed by atoms with van der Waals surface area (Å²) in [5.41, 5.74) is 5.39. The minimum absolute atomic E-state index is 0.222. The molecule has 0 aromatic rings. The van der Waals surface area contributed by atoms with Gasteiger partial charge in [0.25, 0.3) is 0 Å². The van der Waals surface area contributed by atoms with Crippen LogP contribution in [0.5, 0.6) is 0 Å². The molecule has 0 saturated carbocycles. The molecule has 0 aliphatic heterocycles. The van der Waals surface area contributed by atoms with Crippen LogP contribution in [-0.4, -0.2) is 6.04 Å². The highest BCUT2D eigenvalue weighted by Gasteiger charge is 1.78. The number of nitrogens with two attached hydrogens (primary N) is 1. The van der Waals surface area contributed by atoms with Gasteiger partial charge in [-0.1, -0.05) is 19.1 Å². The summed E-state index contributed by atoms with van der Waals surface area (Å²) in [5, 5.41) is 0. The van der Waals surface area contributed by atoms with Crippen molar-refractivity contribution in [1.29, 1.82) is 0 Å². The molecular formula is C6H13N. The molecule has 0 fully saturated rings. The van der Waals surface area contributed by atoms with Crippen LogP contribution >= 0.6 is 0 Å². The first-order valence-corrected chi connectivity index (χ1v) is 2.69. The zero-order valence-corrected chi connectivity index (χ0v) is 5.02. The standard InChI is InChI=1S/C6H13N/c1-3-4-5-6(2)7/h4-6H,3,7H2,1-2H3/b5-4+/t6-/m1/s1. The van der Waals surface area contributed by atoms with Crippen LogP contribution in [0.15, 0.2) is 12.2 Å². The maximum Gasteiger partial charge on any atom is 0.0194 e. The molecule has 1 nitrogen and oxygen atoms in total. The third-order valence-electron chi connectivity index (χ3n) is 0.675. The van der Waals surface area contributed by atoms with E-state index in [9.17, 15) is 0 Å². The van der Waals surface area contributed by atoms with Crippen LogP contribution in [0, 0.1) is 0 Å². The van der Waals surface area contributed by atoms with Gasteiger partial charge in [0, 0.05) is 6.04 Å². The molecule has 0 spiro atoms. The summed E-state index contributed by atoms with van der Waals surface area (Å²) in [5.74, 6) is 0. The number of hydrogen-bond acceptors (Lipinski definition) is 1. The number of allylic oxidation sites excluding steroid dienone is 1. The largest absolute Gasteiger partial charge is 0.325 e. The molecule has 0 aliphatic rings. The molecule has 0 bridgehead atoms. The Labute approximate surface area is 45.2 Å². The van der Waals surface area contributed by atoms with E-state index in [4.69, 9.17) is 5.73 Å². The molecule has 0 rings (SSSR count). The fourth-order valence-electron chi connectivity index (χ4n) is 0.351. The summed E-state index contributed by atoms with van der Waals surface area (Å²) in [4.78, 5) is 0. The Morgan fingerprint density at radius 1 is 1.71 bits per heavy atom. The summed E-state index contributed by atoms with van der Waals surface area (Å²) < 4.78 is 0. The summed E-state index contributed by atoms with van der Waals surface area (Å²) >= 11 is 0. The van der Waals surface area contributed by atoms with Crippen molar-refractivity contribution in [2.24, 2.45) is 5.73 Å². The molecule has 0 aromatic heterocycles. The second-order valence-electron chi connectivity index (χ2n) is 1.70. The van der Waals surface area contributed by atoms with Crippen LogP contribution < -0.4 is 5.73 Å². The van der Waals surface area contributed by atoms with Crippen molar-refractivity contribution < 1.29 is 0 Å². The van der Waals surface area contributed by atoms with Crippen molar-refractivity contribution >= 4 is 0 Å². The van der Waals surface area contributed by atoms with Gasteiger partial charge in [-0.3, -0.25) is 0 Å². The summed E-state index contributed by atoms with van der Waals surface area (Å²) in [6.45, 7) is 4.06. The third-order valence-corrected chi connectivity index (χ3v) is 0.675. The summed E-state index contributed by atoms with van der Waals surface area (Å²) in [7, 11) is 0. The van der Waals surface area contributed by atoms with E-state index < -0.39 is 0 Å². The Morgan fingerprint density at radius 3 is 2.43 bits per heavy atom. The molecule has 0 amide bonds. The molecule has 0 aromatic carbocycles. The highest BCUT2D eigenvalue weighted by atomic mass is 14.6. The van der Waals surface area contributed by atoms with Crippen LogP contribution in [0.2, 0.25) is 0 Å². The Kier molecular flexibility index (Phi) is 3.71. The lowest BCUT2D eigenvalue weighted by Crippen LogP contribution is -2.09. The van der Waals surface area contributed by atoms with Gasteiger partial charge in [0.1, 0.15) is 0 Å². The van der Waals surface area contributed by atoms with E-state index >= 15 is 0 Å². The molecule has 2 N–H and O–H groups in total. The van der Waals surface area contributed by atoms with Gasteiger partial charge in [0.2, 0.25) is 0 Å². The first-order chi connectivity index (χ1) is 3.27. The number of hydrogen-bond donors (Lipinski definition) is 1. The highest BCUT2D eigenvalue weighted by molar-refractivity contribution is 4.87. The molecule has 7 heavy (non-hydrogen) atoms. The predicted molar refractivity (Wildman–Crippen MR) is 33.1 cm³/mol. The Bertz CT molecular complexity index is 55.2. The normalized spacial score (nSPS) is 15.3. The van der Waals surface area contributed by atoms with Crippen molar-refractivity contribution in [2.45, 2.75) is 26.3 Å². The molecule has 0 radical (unpaired) electrons. The summed E-state index contributed by atoms with van der Waals surface area (Å²) in [6, 6.07) is 0.222. The van der Waals surface area contributed by atoms with E-state index in [0.717, 1.165) is 6.42 Å². The van der Waals surface area contributed by atoms with Crippen LogP contribution in [-0.2, 0) is 0 Å². The molecular weight excluding hydrogens is 86.1 g/mol. The first-order valence-electron chi connectivity index (χ1n) is 2.69. The van der Waals surface area contributed by atoms with Gasteiger partial charge >= 0.3 is 0 Å². The quantitative estimate of drug-likeness (QED) is 0.519. The maximum atomic E-state index is 5.39. The SMILES string of the molecule is CC/C=C/[C@@H](C)N. The van der Waals surface area contributed by atoms with Crippen LogP contribution in [0.1, 0.15) is 20.3 Å². The van der Waals surface area contributed by atoms with Crippen LogP contribution in [0.25, 0.3) is 0 Å². The van der Waals surface area contributed by atoms with Crippen molar-refractivity contribution in [3.05, 3.63) is 12.2 Å². The smallest absolute Gasteiger partial charge is 0.0194 e. The van der Waals surface area contributed by atoms with Crippen molar-refractivity contribution in [3.63, 3.8) is 0 Å². The zero-order valence-electron chi connectivity index (χ0n) is 5.02. The van der Waals surface area contributed by atoms with E-state index in [1.807, 2.05) is 13.0 Å². The lowest BCUT2D eigenvalue weighted by Gasteiger charge is -1.90. The minimum atomic E-state index is 0.222. The average molecular weight is 99.2 g/mol. The van der Waals surface area contributed by atoms with E-state index in [1.54, 1.807) is 0 Å². The monoisotopic (exact) mass is 99.1 g/mol. The molecule has 0 saturated heterocycles.